The molecular weight excluding hydrogens is 414 g/mol. The van der Waals surface area contributed by atoms with Crippen molar-refractivity contribution in [3.63, 3.8) is 0 Å². The van der Waals surface area contributed by atoms with Crippen LogP contribution in [-0.2, 0) is 6.42 Å². The van der Waals surface area contributed by atoms with Crippen molar-refractivity contribution < 1.29 is 14.1 Å². The minimum atomic E-state index is -0.495. The first-order chi connectivity index (χ1) is 15.1. The van der Waals surface area contributed by atoms with Gasteiger partial charge in [-0.05, 0) is 54.1 Å². The van der Waals surface area contributed by atoms with Crippen LogP contribution < -0.4 is 10.1 Å². The Morgan fingerprint density at radius 2 is 1.74 bits per heavy atom. The molecule has 7 heteroatoms. The van der Waals surface area contributed by atoms with E-state index < -0.39 is 6.04 Å². The molecule has 0 spiro atoms. The van der Waals surface area contributed by atoms with Crippen LogP contribution in [0.25, 0.3) is 11.4 Å². The number of hydrogen-bond donors (Lipinski definition) is 1. The molecule has 6 nitrogen and oxygen atoms in total. The Hall–Kier alpha value is -3.64. The highest BCUT2D eigenvalue weighted by atomic mass is 35.5. The molecule has 0 aliphatic rings. The van der Waals surface area contributed by atoms with Crippen molar-refractivity contribution in [2.75, 3.05) is 7.11 Å². The van der Waals surface area contributed by atoms with Crippen molar-refractivity contribution in [3.8, 4) is 17.1 Å². The van der Waals surface area contributed by atoms with Crippen LogP contribution in [0.3, 0.4) is 0 Å². The lowest BCUT2D eigenvalue weighted by molar-refractivity contribution is 0.0928. The molecule has 1 heterocycles. The minimum absolute atomic E-state index is 0.241. The number of aromatic nitrogens is 2. The third kappa shape index (κ3) is 5.10. The zero-order valence-electron chi connectivity index (χ0n) is 16.8. The number of nitrogens with zero attached hydrogens (tertiary/aromatic N) is 2. The number of methoxy groups -OCH3 is 1. The molecule has 0 aliphatic heterocycles. The number of benzene rings is 3. The second-order valence-electron chi connectivity index (χ2n) is 6.91. The highest BCUT2D eigenvalue weighted by molar-refractivity contribution is 6.30. The normalized spacial score (nSPS) is 11.7. The van der Waals surface area contributed by atoms with Crippen LogP contribution in [0.5, 0.6) is 5.75 Å². The number of amides is 1. The summed E-state index contributed by atoms with van der Waals surface area (Å²) < 4.78 is 10.7. The summed E-state index contributed by atoms with van der Waals surface area (Å²) in [4.78, 5) is 17.4. The average Bonchev–Trinajstić information content (AvgIpc) is 3.30. The summed E-state index contributed by atoms with van der Waals surface area (Å²) in [6.07, 6.45) is 0.505. The van der Waals surface area contributed by atoms with Crippen LogP contribution in [0.1, 0.15) is 27.9 Å². The lowest BCUT2D eigenvalue weighted by Crippen LogP contribution is -2.30. The van der Waals surface area contributed by atoms with Gasteiger partial charge in [-0.1, -0.05) is 47.1 Å². The van der Waals surface area contributed by atoms with Gasteiger partial charge in [-0.3, -0.25) is 4.79 Å². The summed E-state index contributed by atoms with van der Waals surface area (Å²) in [5.74, 6) is 1.20. The summed E-state index contributed by atoms with van der Waals surface area (Å²) in [6.45, 7) is 0. The van der Waals surface area contributed by atoms with Crippen molar-refractivity contribution in [2.24, 2.45) is 0 Å². The zero-order chi connectivity index (χ0) is 21.6. The topological polar surface area (TPSA) is 77.2 Å². The third-order valence-electron chi connectivity index (χ3n) is 4.78. The lowest BCUT2D eigenvalue weighted by atomic mass is 10.1. The van der Waals surface area contributed by atoms with Gasteiger partial charge in [0.15, 0.2) is 0 Å². The molecule has 1 atom stereocenters. The third-order valence-corrected chi connectivity index (χ3v) is 5.03. The van der Waals surface area contributed by atoms with Gasteiger partial charge in [0.2, 0.25) is 11.7 Å². The number of carbonyl (C=O) groups excluding carboxylic acids is 1. The number of hydrogen-bond acceptors (Lipinski definition) is 5. The van der Waals surface area contributed by atoms with Crippen LogP contribution in [0.4, 0.5) is 0 Å². The van der Waals surface area contributed by atoms with Gasteiger partial charge in [0.25, 0.3) is 5.91 Å². The van der Waals surface area contributed by atoms with Crippen LogP contribution in [0.2, 0.25) is 5.02 Å². The molecule has 0 radical (unpaired) electrons. The SMILES string of the molecule is COc1ccc(C(=O)N[C@H](Cc2ccccc2)c2nc(-c3ccc(Cl)cc3)no2)cc1. The number of nitrogens with one attached hydrogen (secondary N) is 1. The molecule has 0 saturated carbocycles. The van der Waals surface area contributed by atoms with Gasteiger partial charge < -0.3 is 14.6 Å². The second kappa shape index (κ2) is 9.45. The number of rotatable bonds is 7. The predicted octanol–water partition coefficient (Wildman–Crippen LogP) is 5.11. The summed E-state index contributed by atoms with van der Waals surface area (Å²) in [7, 11) is 1.58. The fraction of sp³-hybridized carbons (Fsp3) is 0.125. The Balaban J connectivity index is 1.59. The lowest BCUT2D eigenvalue weighted by Gasteiger charge is -2.15. The molecule has 0 bridgehead atoms. The van der Waals surface area contributed by atoms with E-state index in [1.165, 1.54) is 0 Å². The molecule has 4 rings (SSSR count). The average molecular weight is 434 g/mol. The van der Waals surface area contributed by atoms with Gasteiger partial charge in [-0.25, -0.2) is 0 Å². The first-order valence-electron chi connectivity index (χ1n) is 9.71. The van der Waals surface area contributed by atoms with Crippen LogP contribution >= 0.6 is 11.6 Å². The van der Waals surface area contributed by atoms with Gasteiger partial charge in [0.1, 0.15) is 11.8 Å². The fourth-order valence-corrected chi connectivity index (χ4v) is 3.25. The Morgan fingerprint density at radius 1 is 1.03 bits per heavy atom. The van der Waals surface area contributed by atoms with Gasteiger partial charge in [0, 0.05) is 22.6 Å². The number of halogens is 1. The molecule has 3 aromatic carbocycles. The van der Waals surface area contributed by atoms with Crippen molar-refractivity contribution in [3.05, 3.63) is 101 Å². The maximum atomic E-state index is 12.9. The fourth-order valence-electron chi connectivity index (χ4n) is 3.13. The van der Waals surface area contributed by atoms with E-state index in [0.29, 0.717) is 34.5 Å². The highest BCUT2D eigenvalue weighted by Crippen LogP contribution is 2.23. The molecule has 31 heavy (non-hydrogen) atoms. The maximum Gasteiger partial charge on any atom is 0.251 e. The number of ether oxygens (including phenoxy) is 1. The largest absolute Gasteiger partial charge is 0.497 e. The van der Waals surface area contributed by atoms with Crippen molar-refractivity contribution >= 4 is 17.5 Å². The van der Waals surface area contributed by atoms with E-state index in [4.69, 9.17) is 20.9 Å². The van der Waals surface area contributed by atoms with Crippen LogP contribution in [0.15, 0.2) is 83.4 Å². The number of carbonyl (C=O) groups is 1. The summed E-state index contributed by atoms with van der Waals surface area (Å²) in [6, 6.07) is 23.4. The van der Waals surface area contributed by atoms with Gasteiger partial charge in [-0.2, -0.15) is 4.98 Å². The smallest absolute Gasteiger partial charge is 0.251 e. The van der Waals surface area contributed by atoms with Gasteiger partial charge in [0.05, 0.1) is 7.11 Å². The summed E-state index contributed by atoms with van der Waals surface area (Å²) in [5.41, 5.74) is 2.32. The maximum absolute atomic E-state index is 12.9. The van der Waals surface area contributed by atoms with Gasteiger partial charge >= 0.3 is 0 Å². The van der Waals surface area contributed by atoms with Crippen molar-refractivity contribution in [1.82, 2.24) is 15.5 Å². The second-order valence-corrected chi connectivity index (χ2v) is 7.34. The Labute approximate surface area is 184 Å². The van der Waals surface area contributed by atoms with E-state index in [2.05, 4.69) is 15.5 Å². The van der Waals surface area contributed by atoms with Crippen molar-refractivity contribution in [2.45, 2.75) is 12.5 Å². The van der Waals surface area contributed by atoms with E-state index in [0.717, 1.165) is 11.1 Å². The van der Waals surface area contributed by atoms with E-state index in [1.807, 2.05) is 42.5 Å². The molecule has 0 unspecified atom stereocenters. The standard InChI is InChI=1S/C24H20ClN3O3/c1-30-20-13-9-18(10-14-20)23(29)26-21(15-16-5-3-2-4-6-16)24-27-22(28-31-24)17-7-11-19(25)12-8-17/h2-14,21H,15H2,1H3,(H,26,29)/t21-/m1/s1. The molecule has 0 saturated heterocycles. The van der Waals surface area contributed by atoms with Crippen LogP contribution in [-0.4, -0.2) is 23.2 Å². The summed E-state index contributed by atoms with van der Waals surface area (Å²) >= 11 is 5.96. The zero-order valence-corrected chi connectivity index (χ0v) is 17.5. The Morgan fingerprint density at radius 3 is 2.42 bits per heavy atom. The molecule has 0 aliphatic carbocycles. The minimum Gasteiger partial charge on any atom is -0.497 e. The molecule has 1 aromatic heterocycles. The quantitative estimate of drug-likeness (QED) is 0.438. The van der Waals surface area contributed by atoms with Crippen LogP contribution in [0, 0.1) is 0 Å². The molecule has 1 N–H and O–H groups in total. The monoisotopic (exact) mass is 433 g/mol. The molecule has 0 fully saturated rings. The molecule has 156 valence electrons. The Bertz CT molecular complexity index is 1140. The molecular formula is C24H20ClN3O3. The first kappa shape index (κ1) is 20.6. The van der Waals surface area contributed by atoms with E-state index in [-0.39, 0.29) is 5.91 Å². The van der Waals surface area contributed by atoms with E-state index >= 15 is 0 Å². The van der Waals surface area contributed by atoms with Crippen molar-refractivity contribution in [1.29, 1.82) is 0 Å². The van der Waals surface area contributed by atoms with Gasteiger partial charge in [-0.15, -0.1) is 0 Å². The summed E-state index contributed by atoms with van der Waals surface area (Å²) in [5, 5.41) is 7.72. The Kier molecular flexibility index (Phi) is 6.29. The predicted molar refractivity (Wildman–Crippen MR) is 118 cm³/mol. The first-order valence-corrected chi connectivity index (χ1v) is 10.1. The molecule has 1 amide bonds. The highest BCUT2D eigenvalue weighted by Gasteiger charge is 2.23. The van der Waals surface area contributed by atoms with E-state index in [9.17, 15) is 4.79 Å². The molecule has 4 aromatic rings. The van der Waals surface area contributed by atoms with E-state index in [1.54, 1.807) is 43.5 Å².